The zero-order valence-electron chi connectivity index (χ0n) is 28.3. The lowest BCUT2D eigenvalue weighted by atomic mass is 10.5. The fraction of sp³-hybridized carbons (Fsp3) is 0.964. The number of hydrogen-bond acceptors (Lipinski definition) is 12. The monoisotopic (exact) mass is 674 g/mol. The van der Waals surface area contributed by atoms with Crippen molar-refractivity contribution in [2.24, 2.45) is 0 Å². The lowest BCUT2D eigenvalue weighted by Gasteiger charge is -2.38. The average molecular weight is 675 g/mol. The number of rotatable bonds is 32. The molecular weight excluding hydrogens is 613 g/mol. The van der Waals surface area contributed by atoms with Crippen LogP contribution in [0.2, 0.25) is 51.9 Å². The van der Waals surface area contributed by atoms with Crippen LogP contribution in [0.4, 0.5) is 0 Å². The maximum Gasteiger partial charge on any atom is 0.314 e. The first-order valence-electron chi connectivity index (χ1n) is 15.5. The van der Waals surface area contributed by atoms with Crippen molar-refractivity contribution in [3.63, 3.8) is 0 Å². The molecule has 0 saturated heterocycles. The Labute approximate surface area is 264 Å². The van der Waals surface area contributed by atoms with Gasteiger partial charge in [-0.25, -0.2) is 0 Å². The topological polar surface area (TPSA) is 119 Å². The summed E-state index contributed by atoms with van der Waals surface area (Å²) < 4.78 is 61.7. The van der Waals surface area contributed by atoms with Gasteiger partial charge >= 0.3 is 14.5 Å². The predicted molar refractivity (Wildman–Crippen MR) is 173 cm³/mol. The molecule has 0 bridgehead atoms. The van der Waals surface area contributed by atoms with Crippen molar-refractivity contribution in [2.45, 2.75) is 65.2 Å². The Balaban J connectivity index is 3.37. The molecule has 0 rings (SSSR count). The molecule has 0 atom stereocenters. The molecular formula is C28H62O12Si3. The van der Waals surface area contributed by atoms with Gasteiger partial charge in [0.15, 0.2) is 16.6 Å². The summed E-state index contributed by atoms with van der Waals surface area (Å²) in [7, 11) is -5.51. The van der Waals surface area contributed by atoms with Gasteiger partial charge in [-0.05, 0) is 58.3 Å². The largest absolute Gasteiger partial charge is 0.463 e. The van der Waals surface area contributed by atoms with Crippen LogP contribution in [-0.4, -0.2) is 143 Å². The minimum atomic E-state index is -2.18. The summed E-state index contributed by atoms with van der Waals surface area (Å²) in [5.41, 5.74) is 0. The van der Waals surface area contributed by atoms with Crippen LogP contribution in [0.25, 0.3) is 0 Å². The highest BCUT2D eigenvalue weighted by Gasteiger charge is 2.39. The highest BCUT2D eigenvalue weighted by molar-refractivity contribution is 6.87. The van der Waals surface area contributed by atoms with E-state index in [1.807, 2.05) is 0 Å². The van der Waals surface area contributed by atoms with Crippen LogP contribution in [0.15, 0.2) is 0 Å². The normalized spacial score (nSPS) is 12.7. The third-order valence-corrected chi connectivity index (χ3v) is 14.7. The molecule has 12 nitrogen and oxygen atoms in total. The van der Waals surface area contributed by atoms with Gasteiger partial charge in [-0.15, -0.1) is 0 Å². The van der Waals surface area contributed by atoms with Crippen LogP contribution >= 0.6 is 0 Å². The summed E-state index contributed by atoms with van der Waals surface area (Å²) in [6.07, 6.45) is 0.940. The summed E-state index contributed by atoms with van der Waals surface area (Å²) in [5.74, 6) is -0.308. The molecule has 0 aliphatic carbocycles. The van der Waals surface area contributed by atoms with Gasteiger partial charge in [-0.1, -0.05) is 0 Å². The fourth-order valence-electron chi connectivity index (χ4n) is 3.80. The van der Waals surface area contributed by atoms with E-state index in [1.165, 1.54) is 6.92 Å². The molecule has 0 aromatic carbocycles. The summed E-state index contributed by atoms with van der Waals surface area (Å²) >= 11 is 0. The van der Waals surface area contributed by atoms with Crippen molar-refractivity contribution >= 4 is 31.2 Å². The van der Waals surface area contributed by atoms with E-state index in [-0.39, 0.29) is 12.6 Å². The van der Waals surface area contributed by atoms with Gasteiger partial charge in [0.2, 0.25) is 0 Å². The maximum absolute atomic E-state index is 10.6. The molecule has 0 saturated carbocycles. The van der Waals surface area contributed by atoms with Crippen molar-refractivity contribution in [1.82, 2.24) is 0 Å². The van der Waals surface area contributed by atoms with Gasteiger partial charge in [0, 0.05) is 13.5 Å². The van der Waals surface area contributed by atoms with Crippen LogP contribution in [0.5, 0.6) is 0 Å². The first kappa shape index (κ1) is 42.7. The molecule has 0 spiro atoms. The average Bonchev–Trinajstić information content (AvgIpc) is 2.87. The molecule has 0 aromatic rings. The van der Waals surface area contributed by atoms with Gasteiger partial charge < -0.3 is 50.9 Å². The molecule has 0 aromatic heterocycles. The number of ether oxygens (including phenoxy) is 9. The van der Waals surface area contributed by atoms with Crippen molar-refractivity contribution in [3.8, 4) is 0 Å². The quantitative estimate of drug-likeness (QED) is 0.0586. The van der Waals surface area contributed by atoms with Crippen LogP contribution in [0, 0.1) is 0 Å². The van der Waals surface area contributed by atoms with Crippen LogP contribution in [-0.2, 0) is 55.7 Å². The molecule has 0 fully saturated rings. The number of carbonyl (C=O) groups is 1. The van der Waals surface area contributed by atoms with E-state index in [2.05, 4.69) is 45.8 Å². The van der Waals surface area contributed by atoms with E-state index < -0.39 is 25.2 Å². The highest BCUT2D eigenvalue weighted by Crippen LogP contribution is 2.25. The van der Waals surface area contributed by atoms with Crippen LogP contribution < -0.4 is 0 Å². The Bertz CT molecular complexity index is 631. The zero-order chi connectivity index (χ0) is 32.3. The maximum atomic E-state index is 10.6. The summed E-state index contributed by atoms with van der Waals surface area (Å²) in [4.78, 5) is 10.6. The Hall–Kier alpha value is -0.279. The van der Waals surface area contributed by atoms with Crippen molar-refractivity contribution < 1.29 is 55.7 Å². The standard InChI is InChI=1S/C28H62O12Si3/c1-28(29)38-26-25-37-24-23-36-22-21-35-20-19-34-18-17-33-16-15-32-14-13-31-12-11-30-10-9-27-43(8,39-41(2,3)4)40-42(5,6)7/h9-27H2,1-8H3. The van der Waals surface area contributed by atoms with Gasteiger partial charge in [-0.3, -0.25) is 4.79 Å². The Kier molecular flexibility index (Phi) is 26.7. The van der Waals surface area contributed by atoms with Crippen LogP contribution in [0.1, 0.15) is 13.3 Å². The molecule has 258 valence electrons. The van der Waals surface area contributed by atoms with E-state index in [4.69, 9.17) is 50.9 Å². The third kappa shape index (κ3) is 34.4. The minimum absolute atomic E-state index is 0.261. The second kappa shape index (κ2) is 26.9. The molecule has 43 heavy (non-hydrogen) atoms. The molecule has 0 amide bonds. The minimum Gasteiger partial charge on any atom is -0.463 e. The second-order valence-corrected chi connectivity index (χ2v) is 24.8. The van der Waals surface area contributed by atoms with Crippen molar-refractivity contribution in [1.29, 1.82) is 0 Å². The molecule has 15 heteroatoms. The predicted octanol–water partition coefficient (Wildman–Crippen LogP) is 3.85. The van der Waals surface area contributed by atoms with Crippen molar-refractivity contribution in [3.05, 3.63) is 0 Å². The molecule has 0 aliphatic heterocycles. The lowest BCUT2D eigenvalue weighted by molar-refractivity contribution is -0.142. The first-order chi connectivity index (χ1) is 20.3. The van der Waals surface area contributed by atoms with E-state index >= 15 is 0 Å². The number of carbonyl (C=O) groups excluding carboxylic acids is 1. The Morgan fingerprint density at radius 3 is 0.930 bits per heavy atom. The molecule has 0 unspecified atom stereocenters. The van der Waals surface area contributed by atoms with Gasteiger partial charge in [0.25, 0.3) is 0 Å². The van der Waals surface area contributed by atoms with Gasteiger partial charge in [0.1, 0.15) is 6.61 Å². The lowest BCUT2D eigenvalue weighted by Crippen LogP contribution is -2.52. The summed E-state index contributed by atoms with van der Waals surface area (Å²) in [5, 5.41) is 0. The zero-order valence-corrected chi connectivity index (χ0v) is 31.3. The van der Waals surface area contributed by atoms with E-state index in [0.29, 0.717) is 106 Å². The number of esters is 1. The SMILES string of the molecule is CC(=O)OCCOCCOCCOCCOCCOCCOCCOCCOCCC[Si](C)(O[Si](C)(C)C)O[Si](C)(C)C. The summed E-state index contributed by atoms with van der Waals surface area (Å²) in [6.45, 7) is 25.4. The highest BCUT2D eigenvalue weighted by atomic mass is 28.5. The Morgan fingerprint density at radius 2 is 0.674 bits per heavy atom. The van der Waals surface area contributed by atoms with E-state index in [9.17, 15) is 4.79 Å². The van der Waals surface area contributed by atoms with Crippen LogP contribution in [0.3, 0.4) is 0 Å². The third-order valence-electron chi connectivity index (χ3n) is 5.10. The molecule has 0 heterocycles. The molecule has 0 aliphatic rings. The second-order valence-electron chi connectivity index (χ2n) is 11.9. The molecule has 0 radical (unpaired) electrons. The van der Waals surface area contributed by atoms with E-state index in [0.717, 1.165) is 12.5 Å². The first-order valence-corrected chi connectivity index (χ1v) is 24.8. The van der Waals surface area contributed by atoms with Crippen molar-refractivity contribution in [2.75, 3.05) is 112 Å². The smallest absolute Gasteiger partial charge is 0.314 e. The van der Waals surface area contributed by atoms with Gasteiger partial charge in [-0.2, -0.15) is 0 Å². The fourth-order valence-corrected chi connectivity index (χ4v) is 16.3. The van der Waals surface area contributed by atoms with E-state index in [1.54, 1.807) is 0 Å². The summed E-state index contributed by atoms with van der Waals surface area (Å²) in [6, 6.07) is 0.954. The number of hydrogen-bond donors (Lipinski definition) is 0. The van der Waals surface area contributed by atoms with Gasteiger partial charge in [0.05, 0.1) is 99.1 Å². The molecule has 0 N–H and O–H groups in total. The Morgan fingerprint density at radius 1 is 0.419 bits per heavy atom.